The molecule has 18 heavy (non-hydrogen) atoms. The predicted octanol–water partition coefficient (Wildman–Crippen LogP) is 0.641. The summed E-state index contributed by atoms with van der Waals surface area (Å²) in [5, 5.41) is 8.75. The Morgan fingerprint density at radius 1 is 1.50 bits per heavy atom. The summed E-state index contributed by atoms with van der Waals surface area (Å²) in [7, 11) is 0. The Labute approximate surface area is 104 Å². The maximum atomic E-state index is 12.1. The van der Waals surface area contributed by atoms with E-state index in [0.717, 1.165) is 0 Å². The second kappa shape index (κ2) is 5.14. The molecule has 1 aromatic heterocycles. The Kier molecular flexibility index (Phi) is 3.57. The SMILES string of the molecule is CC1CN(C(=O)c2ccc(C(=O)O)cn2)CCO1. The number of aromatic nitrogens is 1. The molecule has 1 aliphatic rings. The largest absolute Gasteiger partial charge is 0.478 e. The van der Waals surface area contributed by atoms with Crippen LogP contribution in [0, 0.1) is 0 Å². The van der Waals surface area contributed by atoms with E-state index in [9.17, 15) is 9.59 Å². The molecule has 1 unspecified atom stereocenters. The Balaban J connectivity index is 2.10. The second-order valence-electron chi connectivity index (χ2n) is 4.17. The number of carbonyl (C=O) groups is 2. The summed E-state index contributed by atoms with van der Waals surface area (Å²) in [5.74, 6) is -1.25. The first-order chi connectivity index (χ1) is 8.58. The van der Waals surface area contributed by atoms with Crippen LogP contribution in [0.25, 0.3) is 0 Å². The third kappa shape index (κ3) is 2.65. The Hall–Kier alpha value is -1.95. The number of carbonyl (C=O) groups excluding carboxylic acids is 1. The van der Waals surface area contributed by atoms with Crippen LogP contribution in [0.2, 0.25) is 0 Å². The number of aromatic carboxylic acids is 1. The van der Waals surface area contributed by atoms with Crippen LogP contribution in [0.15, 0.2) is 18.3 Å². The molecule has 2 rings (SSSR count). The maximum absolute atomic E-state index is 12.1. The molecule has 1 saturated heterocycles. The van der Waals surface area contributed by atoms with Crippen LogP contribution < -0.4 is 0 Å². The Morgan fingerprint density at radius 2 is 2.28 bits per heavy atom. The molecule has 1 aliphatic heterocycles. The summed E-state index contributed by atoms with van der Waals surface area (Å²) in [6.45, 7) is 3.48. The van der Waals surface area contributed by atoms with Crippen molar-refractivity contribution >= 4 is 11.9 Å². The molecule has 96 valence electrons. The van der Waals surface area contributed by atoms with Crippen LogP contribution >= 0.6 is 0 Å². The molecule has 0 radical (unpaired) electrons. The molecule has 1 atom stereocenters. The van der Waals surface area contributed by atoms with Gasteiger partial charge < -0.3 is 14.7 Å². The second-order valence-corrected chi connectivity index (χ2v) is 4.17. The molecule has 0 spiro atoms. The zero-order valence-electron chi connectivity index (χ0n) is 10.00. The third-order valence-electron chi connectivity index (χ3n) is 2.76. The van der Waals surface area contributed by atoms with Gasteiger partial charge in [0.25, 0.3) is 5.91 Å². The van der Waals surface area contributed by atoms with E-state index in [1.54, 1.807) is 4.90 Å². The molecule has 0 bridgehead atoms. The van der Waals surface area contributed by atoms with Gasteiger partial charge in [-0.1, -0.05) is 0 Å². The number of carboxylic acid groups (broad SMARTS) is 1. The molecule has 6 nitrogen and oxygen atoms in total. The smallest absolute Gasteiger partial charge is 0.337 e. The molecule has 6 heteroatoms. The number of carboxylic acids is 1. The van der Waals surface area contributed by atoms with Gasteiger partial charge in [-0.05, 0) is 19.1 Å². The van der Waals surface area contributed by atoms with Gasteiger partial charge in [-0.2, -0.15) is 0 Å². The Bertz CT molecular complexity index is 458. The summed E-state index contributed by atoms with van der Waals surface area (Å²) in [4.78, 5) is 28.3. The molecule has 0 saturated carbocycles. The molecule has 2 heterocycles. The first kappa shape index (κ1) is 12.5. The molecule has 0 aromatic carbocycles. The topological polar surface area (TPSA) is 79.7 Å². The summed E-state index contributed by atoms with van der Waals surface area (Å²) in [6, 6.07) is 2.82. The summed E-state index contributed by atoms with van der Waals surface area (Å²) in [5.41, 5.74) is 0.330. The first-order valence-corrected chi connectivity index (χ1v) is 5.68. The summed E-state index contributed by atoms with van der Waals surface area (Å²) < 4.78 is 5.35. The normalized spacial score (nSPS) is 19.6. The van der Waals surface area contributed by atoms with Crippen molar-refractivity contribution in [2.45, 2.75) is 13.0 Å². The van der Waals surface area contributed by atoms with E-state index in [1.165, 1.54) is 18.3 Å². The minimum Gasteiger partial charge on any atom is -0.478 e. The molecule has 1 amide bonds. The number of morpholine rings is 1. The monoisotopic (exact) mass is 250 g/mol. The highest BCUT2D eigenvalue weighted by molar-refractivity contribution is 5.93. The van der Waals surface area contributed by atoms with Crippen molar-refractivity contribution in [1.82, 2.24) is 9.88 Å². The van der Waals surface area contributed by atoms with Crippen LogP contribution in [0.5, 0.6) is 0 Å². The molecule has 0 aliphatic carbocycles. The van der Waals surface area contributed by atoms with Crippen LogP contribution in [0.3, 0.4) is 0 Å². The molecule has 1 fully saturated rings. The number of nitrogens with zero attached hydrogens (tertiary/aromatic N) is 2. The lowest BCUT2D eigenvalue weighted by atomic mass is 10.2. The van der Waals surface area contributed by atoms with Gasteiger partial charge >= 0.3 is 5.97 Å². The highest BCUT2D eigenvalue weighted by Crippen LogP contribution is 2.09. The minimum atomic E-state index is -1.05. The fourth-order valence-corrected chi connectivity index (χ4v) is 1.81. The van der Waals surface area contributed by atoms with Crippen LogP contribution in [0.1, 0.15) is 27.8 Å². The van der Waals surface area contributed by atoms with Gasteiger partial charge in [-0.25, -0.2) is 4.79 Å². The van der Waals surface area contributed by atoms with Gasteiger partial charge in [0.2, 0.25) is 0 Å². The maximum Gasteiger partial charge on any atom is 0.337 e. The van der Waals surface area contributed by atoms with E-state index in [1.807, 2.05) is 6.92 Å². The fraction of sp³-hybridized carbons (Fsp3) is 0.417. The lowest BCUT2D eigenvalue weighted by molar-refractivity contribution is -0.0126. The van der Waals surface area contributed by atoms with Crippen molar-refractivity contribution in [2.75, 3.05) is 19.7 Å². The zero-order chi connectivity index (χ0) is 13.1. The van der Waals surface area contributed by atoms with Crippen LogP contribution in [-0.2, 0) is 4.74 Å². The van der Waals surface area contributed by atoms with Gasteiger partial charge in [-0.3, -0.25) is 9.78 Å². The number of ether oxygens (including phenoxy) is 1. The molecular weight excluding hydrogens is 236 g/mol. The van der Waals surface area contributed by atoms with Crippen LogP contribution in [-0.4, -0.2) is 52.7 Å². The highest BCUT2D eigenvalue weighted by Gasteiger charge is 2.23. The van der Waals surface area contributed by atoms with Gasteiger partial charge in [0.15, 0.2) is 0 Å². The average Bonchev–Trinajstić information content (AvgIpc) is 2.38. The number of amides is 1. The van der Waals surface area contributed by atoms with Gasteiger partial charge in [-0.15, -0.1) is 0 Å². The van der Waals surface area contributed by atoms with Crippen molar-refractivity contribution in [1.29, 1.82) is 0 Å². The first-order valence-electron chi connectivity index (χ1n) is 5.68. The van der Waals surface area contributed by atoms with Crippen molar-refractivity contribution in [2.24, 2.45) is 0 Å². The number of rotatable bonds is 2. The highest BCUT2D eigenvalue weighted by atomic mass is 16.5. The Morgan fingerprint density at radius 3 is 2.83 bits per heavy atom. The molecular formula is C12H14N2O4. The van der Waals surface area contributed by atoms with Crippen molar-refractivity contribution < 1.29 is 19.4 Å². The van der Waals surface area contributed by atoms with E-state index < -0.39 is 5.97 Å². The standard InChI is InChI=1S/C12H14N2O4/c1-8-7-14(4-5-18-8)11(15)10-3-2-9(6-13-10)12(16)17/h2-3,6,8H,4-5,7H2,1H3,(H,16,17). The lowest BCUT2D eigenvalue weighted by Crippen LogP contribution is -2.44. The summed E-state index contributed by atoms with van der Waals surface area (Å²) >= 11 is 0. The quantitative estimate of drug-likeness (QED) is 0.833. The van der Waals surface area contributed by atoms with Crippen molar-refractivity contribution in [3.05, 3.63) is 29.6 Å². The van der Waals surface area contributed by atoms with E-state index >= 15 is 0 Å². The van der Waals surface area contributed by atoms with E-state index in [-0.39, 0.29) is 23.3 Å². The molecule has 1 N–H and O–H groups in total. The van der Waals surface area contributed by atoms with Crippen molar-refractivity contribution in [3.8, 4) is 0 Å². The summed E-state index contributed by atoms with van der Waals surface area (Å²) in [6.07, 6.45) is 1.21. The minimum absolute atomic E-state index is 0.0148. The third-order valence-corrected chi connectivity index (χ3v) is 2.76. The predicted molar refractivity (Wildman–Crippen MR) is 62.5 cm³/mol. The van der Waals surface area contributed by atoms with Gasteiger partial charge in [0, 0.05) is 19.3 Å². The number of hydrogen-bond donors (Lipinski definition) is 1. The molecule has 1 aromatic rings. The van der Waals surface area contributed by atoms with E-state index in [4.69, 9.17) is 9.84 Å². The van der Waals surface area contributed by atoms with Gasteiger partial charge in [0.05, 0.1) is 18.3 Å². The van der Waals surface area contributed by atoms with Crippen molar-refractivity contribution in [3.63, 3.8) is 0 Å². The van der Waals surface area contributed by atoms with Gasteiger partial charge in [0.1, 0.15) is 5.69 Å². The fourth-order valence-electron chi connectivity index (χ4n) is 1.81. The van der Waals surface area contributed by atoms with E-state index in [0.29, 0.717) is 19.7 Å². The number of pyridine rings is 1. The zero-order valence-corrected chi connectivity index (χ0v) is 10.00. The number of hydrogen-bond acceptors (Lipinski definition) is 4. The van der Waals surface area contributed by atoms with E-state index in [2.05, 4.69) is 4.98 Å². The lowest BCUT2D eigenvalue weighted by Gasteiger charge is -2.30. The average molecular weight is 250 g/mol. The van der Waals surface area contributed by atoms with Crippen LogP contribution in [0.4, 0.5) is 0 Å².